The highest BCUT2D eigenvalue weighted by atomic mass is 16.6. The highest BCUT2D eigenvalue weighted by molar-refractivity contribution is 5.92. The van der Waals surface area contributed by atoms with Crippen LogP contribution in [0.25, 0.3) is 0 Å². The van der Waals surface area contributed by atoms with E-state index in [-0.39, 0.29) is 12.7 Å². The Balaban J connectivity index is 1.62. The van der Waals surface area contributed by atoms with E-state index in [1.807, 2.05) is 0 Å². The average molecular weight is 303 g/mol. The van der Waals surface area contributed by atoms with Crippen molar-refractivity contribution >= 4 is 17.7 Å². The molecule has 3 rings (SSSR count). The summed E-state index contributed by atoms with van der Waals surface area (Å²) >= 11 is 0. The van der Waals surface area contributed by atoms with E-state index in [1.54, 1.807) is 31.2 Å². The first-order chi connectivity index (χ1) is 10.6. The van der Waals surface area contributed by atoms with Crippen molar-refractivity contribution in [3.8, 4) is 0 Å². The van der Waals surface area contributed by atoms with E-state index < -0.39 is 5.97 Å². The molecule has 1 aliphatic heterocycles. The zero-order chi connectivity index (χ0) is 15.5. The lowest BCUT2D eigenvalue weighted by Crippen LogP contribution is -2.23. The van der Waals surface area contributed by atoms with E-state index in [0.29, 0.717) is 36.1 Å². The highest BCUT2D eigenvalue weighted by Crippen LogP contribution is 2.19. The number of aromatic nitrogens is 2. The van der Waals surface area contributed by atoms with E-state index in [2.05, 4.69) is 10.1 Å². The number of benzene rings is 1. The second-order valence-electron chi connectivity index (χ2n) is 4.62. The Bertz CT molecular complexity index is 695. The first-order valence-corrected chi connectivity index (χ1v) is 6.64. The highest BCUT2D eigenvalue weighted by Gasteiger charge is 2.23. The predicted molar refractivity (Wildman–Crippen MR) is 73.3 cm³/mol. The van der Waals surface area contributed by atoms with Gasteiger partial charge in [0, 0.05) is 12.6 Å². The number of esters is 1. The average Bonchev–Trinajstić information content (AvgIpc) is 3.13. The first-order valence-electron chi connectivity index (χ1n) is 6.64. The van der Waals surface area contributed by atoms with Gasteiger partial charge in [-0.05, 0) is 24.3 Å². The minimum Gasteiger partial charge on any atom is -0.454 e. The van der Waals surface area contributed by atoms with Crippen molar-refractivity contribution in [1.29, 1.82) is 0 Å². The lowest BCUT2D eigenvalue weighted by Gasteiger charge is -2.12. The molecule has 0 unspecified atom stereocenters. The fourth-order valence-electron chi connectivity index (χ4n) is 2.02. The standard InChI is InChI=1S/C14H13N3O5/c1-9-15-12(16-22-9)8-21-13(18)10-2-4-11(5-3-10)17-6-7-20-14(17)19/h2-5H,6-8H2,1H3. The van der Waals surface area contributed by atoms with Gasteiger partial charge in [0.15, 0.2) is 6.61 Å². The molecule has 0 N–H and O–H groups in total. The summed E-state index contributed by atoms with van der Waals surface area (Å²) in [6.07, 6.45) is -0.386. The maximum atomic E-state index is 11.9. The lowest BCUT2D eigenvalue weighted by atomic mass is 10.2. The number of carbonyl (C=O) groups is 2. The zero-order valence-electron chi connectivity index (χ0n) is 11.8. The maximum absolute atomic E-state index is 11.9. The third kappa shape index (κ3) is 2.90. The van der Waals surface area contributed by atoms with Crippen molar-refractivity contribution in [3.63, 3.8) is 0 Å². The number of cyclic esters (lactones) is 1. The van der Waals surface area contributed by atoms with Crippen LogP contribution in [0, 0.1) is 6.92 Å². The van der Waals surface area contributed by atoms with Crippen molar-refractivity contribution in [1.82, 2.24) is 10.1 Å². The Morgan fingerprint density at radius 2 is 2.14 bits per heavy atom. The summed E-state index contributed by atoms with van der Waals surface area (Å²) < 4.78 is 14.7. The quantitative estimate of drug-likeness (QED) is 0.793. The third-order valence-electron chi connectivity index (χ3n) is 3.08. The number of hydrogen-bond donors (Lipinski definition) is 0. The molecule has 0 saturated carbocycles. The molecule has 0 aliphatic carbocycles. The van der Waals surface area contributed by atoms with E-state index in [4.69, 9.17) is 14.0 Å². The van der Waals surface area contributed by atoms with Crippen molar-refractivity contribution in [2.24, 2.45) is 0 Å². The summed E-state index contributed by atoms with van der Waals surface area (Å²) in [5, 5.41) is 3.63. The molecule has 1 fully saturated rings. The van der Waals surface area contributed by atoms with Crippen LogP contribution < -0.4 is 4.90 Å². The van der Waals surface area contributed by atoms with E-state index in [0.717, 1.165) is 0 Å². The molecule has 2 aromatic rings. The van der Waals surface area contributed by atoms with Crippen LogP contribution >= 0.6 is 0 Å². The van der Waals surface area contributed by atoms with Gasteiger partial charge < -0.3 is 14.0 Å². The minimum absolute atomic E-state index is 0.0592. The van der Waals surface area contributed by atoms with Crippen LogP contribution in [0.2, 0.25) is 0 Å². The Morgan fingerprint density at radius 3 is 2.73 bits per heavy atom. The van der Waals surface area contributed by atoms with Crippen LogP contribution in [-0.4, -0.2) is 35.4 Å². The number of nitrogens with zero attached hydrogens (tertiary/aromatic N) is 3. The van der Waals surface area contributed by atoms with Gasteiger partial charge in [-0.15, -0.1) is 0 Å². The van der Waals surface area contributed by atoms with Crippen LogP contribution in [0.1, 0.15) is 22.1 Å². The summed E-state index contributed by atoms with van der Waals surface area (Å²) in [6, 6.07) is 6.51. The number of aryl methyl sites for hydroxylation is 1. The molecule has 8 heteroatoms. The molecule has 0 spiro atoms. The molecule has 1 saturated heterocycles. The van der Waals surface area contributed by atoms with Crippen LogP contribution in [0.3, 0.4) is 0 Å². The second kappa shape index (κ2) is 5.84. The summed E-state index contributed by atoms with van der Waals surface area (Å²) in [5.74, 6) is 0.216. The fraction of sp³-hybridized carbons (Fsp3) is 0.286. The van der Waals surface area contributed by atoms with Gasteiger partial charge in [-0.25, -0.2) is 9.59 Å². The molecule has 114 valence electrons. The van der Waals surface area contributed by atoms with Gasteiger partial charge in [0.05, 0.1) is 12.1 Å². The SMILES string of the molecule is Cc1nc(COC(=O)c2ccc(N3CCOC3=O)cc2)no1. The number of anilines is 1. The summed E-state index contributed by atoms with van der Waals surface area (Å²) in [6.45, 7) is 2.46. The molecule has 1 aromatic heterocycles. The molecule has 0 bridgehead atoms. The normalized spacial score (nSPS) is 14.0. The Labute approximate surface area is 125 Å². The fourth-order valence-corrected chi connectivity index (χ4v) is 2.02. The predicted octanol–water partition coefficient (Wildman–Crippen LogP) is 1.69. The molecule has 1 amide bonds. The second-order valence-corrected chi connectivity index (χ2v) is 4.62. The van der Waals surface area contributed by atoms with Gasteiger partial charge in [0.1, 0.15) is 6.61 Å². The van der Waals surface area contributed by atoms with Gasteiger partial charge in [-0.3, -0.25) is 4.90 Å². The van der Waals surface area contributed by atoms with Crippen LogP contribution in [0.4, 0.5) is 10.5 Å². The number of ether oxygens (including phenoxy) is 2. The molecule has 0 radical (unpaired) electrons. The van der Waals surface area contributed by atoms with E-state index in [1.165, 1.54) is 4.90 Å². The smallest absolute Gasteiger partial charge is 0.414 e. The summed E-state index contributed by atoms with van der Waals surface area (Å²) in [4.78, 5) is 28.8. The van der Waals surface area contributed by atoms with Crippen molar-refractivity contribution in [2.45, 2.75) is 13.5 Å². The Kier molecular flexibility index (Phi) is 3.73. The molecule has 22 heavy (non-hydrogen) atoms. The van der Waals surface area contributed by atoms with Gasteiger partial charge in [-0.2, -0.15) is 4.98 Å². The summed E-state index contributed by atoms with van der Waals surface area (Å²) in [5.41, 5.74) is 1.05. The monoisotopic (exact) mass is 303 g/mol. The van der Waals surface area contributed by atoms with E-state index >= 15 is 0 Å². The topological polar surface area (TPSA) is 94.8 Å². The van der Waals surface area contributed by atoms with Gasteiger partial charge in [0.25, 0.3) is 0 Å². The number of carbonyl (C=O) groups excluding carboxylic acids is 2. The summed E-state index contributed by atoms with van der Waals surface area (Å²) in [7, 11) is 0. The molecule has 1 aromatic carbocycles. The van der Waals surface area contributed by atoms with Crippen molar-refractivity contribution in [3.05, 3.63) is 41.5 Å². The maximum Gasteiger partial charge on any atom is 0.414 e. The molecular weight excluding hydrogens is 290 g/mol. The van der Waals surface area contributed by atoms with Crippen LogP contribution in [0.15, 0.2) is 28.8 Å². The molecule has 8 nitrogen and oxygen atoms in total. The number of amides is 1. The van der Waals surface area contributed by atoms with Crippen LogP contribution in [-0.2, 0) is 16.1 Å². The first kappa shape index (κ1) is 14.1. The van der Waals surface area contributed by atoms with Crippen molar-refractivity contribution < 1.29 is 23.6 Å². The molecule has 2 heterocycles. The lowest BCUT2D eigenvalue weighted by molar-refractivity contribution is 0.0459. The van der Waals surface area contributed by atoms with E-state index in [9.17, 15) is 9.59 Å². The third-order valence-corrected chi connectivity index (χ3v) is 3.08. The Morgan fingerprint density at radius 1 is 1.36 bits per heavy atom. The van der Waals surface area contributed by atoms with Gasteiger partial charge in [0.2, 0.25) is 11.7 Å². The van der Waals surface area contributed by atoms with Gasteiger partial charge >= 0.3 is 12.1 Å². The van der Waals surface area contributed by atoms with Crippen LogP contribution in [0.5, 0.6) is 0 Å². The van der Waals surface area contributed by atoms with Crippen molar-refractivity contribution in [2.75, 3.05) is 18.1 Å². The largest absolute Gasteiger partial charge is 0.454 e. The minimum atomic E-state index is -0.502. The molecule has 0 atom stereocenters. The number of hydrogen-bond acceptors (Lipinski definition) is 7. The molecule has 1 aliphatic rings. The van der Waals surface area contributed by atoms with Gasteiger partial charge in [-0.1, -0.05) is 5.16 Å². The molecular formula is C14H13N3O5. The number of rotatable bonds is 4. The zero-order valence-corrected chi connectivity index (χ0v) is 11.8. The Hall–Kier alpha value is -2.90.